The summed E-state index contributed by atoms with van der Waals surface area (Å²) in [6, 6.07) is 18.9. The van der Waals surface area contributed by atoms with Crippen molar-refractivity contribution in [3.63, 3.8) is 0 Å². The van der Waals surface area contributed by atoms with Gasteiger partial charge in [-0.3, -0.25) is 4.79 Å². The predicted octanol–water partition coefficient (Wildman–Crippen LogP) is 4.81. The van der Waals surface area contributed by atoms with Crippen LogP contribution in [-0.4, -0.2) is 32.8 Å². The monoisotopic (exact) mass is 432 g/mol. The molecule has 4 nitrogen and oxygen atoms in total. The van der Waals surface area contributed by atoms with E-state index in [-0.39, 0.29) is 11.0 Å². The Balaban J connectivity index is 1.52. The summed E-state index contributed by atoms with van der Waals surface area (Å²) in [4.78, 5) is 13.3. The molecule has 2 aromatic rings. The summed E-state index contributed by atoms with van der Waals surface area (Å²) in [6.45, 7) is 0. The second-order valence-corrected chi connectivity index (χ2v) is 9.38. The average Bonchev–Trinajstić information content (AvgIpc) is 3.12. The van der Waals surface area contributed by atoms with Gasteiger partial charge in [0.2, 0.25) is 0 Å². The largest absolute Gasteiger partial charge is 0.511 e. The number of esters is 1. The zero-order chi connectivity index (χ0) is 21.4. The molecule has 5 heteroatoms. The van der Waals surface area contributed by atoms with Crippen molar-refractivity contribution in [3.05, 3.63) is 107 Å². The van der Waals surface area contributed by atoms with Crippen molar-refractivity contribution < 1.29 is 19.7 Å². The number of allylic oxidation sites excluding steroid dienone is 2. The van der Waals surface area contributed by atoms with Crippen molar-refractivity contribution in [2.24, 2.45) is 0 Å². The van der Waals surface area contributed by atoms with E-state index in [9.17, 15) is 15.0 Å². The molecule has 31 heavy (non-hydrogen) atoms. The Kier molecular flexibility index (Phi) is 5.24. The van der Waals surface area contributed by atoms with E-state index < -0.39 is 22.9 Å². The van der Waals surface area contributed by atoms with E-state index in [0.717, 1.165) is 35.1 Å². The molecular weight excluding hydrogens is 408 g/mol. The number of rotatable bonds is 4. The summed E-state index contributed by atoms with van der Waals surface area (Å²) in [6.07, 6.45) is 7.90. The Morgan fingerprint density at radius 1 is 0.935 bits per heavy atom. The summed E-state index contributed by atoms with van der Waals surface area (Å²) in [5.74, 6) is -0.534. The number of hydrogen-bond acceptors (Lipinski definition) is 5. The Bertz CT molecular complexity index is 1030. The molecule has 158 valence electrons. The average molecular weight is 433 g/mol. The molecule has 3 unspecified atom stereocenters. The highest BCUT2D eigenvalue weighted by Crippen LogP contribution is 2.47. The molecule has 2 aliphatic carbocycles. The van der Waals surface area contributed by atoms with Crippen LogP contribution < -0.4 is 0 Å². The normalized spacial score (nSPS) is 26.9. The summed E-state index contributed by atoms with van der Waals surface area (Å²) in [5.41, 5.74) is 2.60. The first kappa shape index (κ1) is 20.2. The first-order valence-electron chi connectivity index (χ1n) is 10.6. The standard InChI is InChI=1S/C26H24O4S/c27-21-15-17-9-7-8-14-20(17)23(21)31-24-22(28)16-26(30-25(24)29,18-10-3-1-4-11-18)19-12-5-2-6-13-19/h1-6,9-14,16,21,23-24,27-28H,7-8,15H2. The fourth-order valence-electron chi connectivity index (χ4n) is 4.69. The number of fused-ring (bicyclic) bond motifs is 1. The van der Waals surface area contributed by atoms with Gasteiger partial charge in [-0.15, -0.1) is 11.8 Å². The number of aliphatic hydroxyl groups is 2. The third-order valence-electron chi connectivity index (χ3n) is 6.16. The number of hydrogen-bond donors (Lipinski definition) is 2. The molecule has 2 aromatic carbocycles. The number of carbonyl (C=O) groups is 1. The zero-order valence-electron chi connectivity index (χ0n) is 17.0. The molecule has 3 atom stereocenters. The maximum absolute atomic E-state index is 13.3. The van der Waals surface area contributed by atoms with Gasteiger partial charge < -0.3 is 14.9 Å². The maximum atomic E-state index is 13.3. The molecule has 3 aliphatic rings. The van der Waals surface area contributed by atoms with Gasteiger partial charge >= 0.3 is 5.97 Å². The van der Waals surface area contributed by atoms with Gasteiger partial charge in [0.25, 0.3) is 0 Å². The van der Waals surface area contributed by atoms with Crippen molar-refractivity contribution in [2.75, 3.05) is 0 Å². The molecule has 5 rings (SSSR count). The summed E-state index contributed by atoms with van der Waals surface area (Å²) >= 11 is 1.28. The topological polar surface area (TPSA) is 66.8 Å². The lowest BCUT2D eigenvalue weighted by Gasteiger charge is -2.37. The van der Waals surface area contributed by atoms with E-state index in [4.69, 9.17) is 4.74 Å². The minimum absolute atomic E-state index is 0.0324. The summed E-state index contributed by atoms with van der Waals surface area (Å²) < 4.78 is 6.10. The number of thioether (sulfide) groups is 1. The number of benzene rings is 2. The van der Waals surface area contributed by atoms with Gasteiger partial charge in [0.1, 0.15) is 5.76 Å². The van der Waals surface area contributed by atoms with Crippen LogP contribution >= 0.6 is 11.8 Å². The lowest BCUT2D eigenvalue weighted by atomic mass is 9.84. The SMILES string of the molecule is O=C1OC(c2ccccc2)(c2ccccc2)C=C(O)C1SC1C2=CCCC=C2CC1O. The third-order valence-corrected chi connectivity index (χ3v) is 7.73. The van der Waals surface area contributed by atoms with Gasteiger partial charge in [-0.1, -0.05) is 72.8 Å². The van der Waals surface area contributed by atoms with Crippen molar-refractivity contribution in [1.82, 2.24) is 0 Å². The minimum Gasteiger partial charge on any atom is -0.511 e. The Morgan fingerprint density at radius 2 is 1.55 bits per heavy atom. The highest BCUT2D eigenvalue weighted by molar-refractivity contribution is 8.01. The molecule has 0 aromatic heterocycles. The first-order chi connectivity index (χ1) is 15.1. The lowest BCUT2D eigenvalue weighted by molar-refractivity contribution is -0.154. The molecule has 0 amide bonds. The smallest absolute Gasteiger partial charge is 0.328 e. The highest BCUT2D eigenvalue weighted by atomic mass is 32.2. The quantitative estimate of drug-likeness (QED) is 0.679. The van der Waals surface area contributed by atoms with E-state index in [0.29, 0.717) is 6.42 Å². The van der Waals surface area contributed by atoms with Crippen molar-refractivity contribution in [3.8, 4) is 0 Å². The molecule has 1 fully saturated rings. The van der Waals surface area contributed by atoms with Gasteiger partial charge in [-0.05, 0) is 30.4 Å². The third kappa shape index (κ3) is 3.52. The minimum atomic E-state index is -1.19. The van der Waals surface area contributed by atoms with Gasteiger partial charge in [-0.2, -0.15) is 0 Å². The predicted molar refractivity (Wildman–Crippen MR) is 122 cm³/mol. The van der Waals surface area contributed by atoms with Crippen LogP contribution in [0.3, 0.4) is 0 Å². The molecule has 0 saturated heterocycles. The van der Waals surface area contributed by atoms with Crippen LogP contribution in [0.2, 0.25) is 0 Å². The summed E-state index contributed by atoms with van der Waals surface area (Å²) in [7, 11) is 0. The number of cyclic esters (lactones) is 1. The molecule has 0 bridgehead atoms. The van der Waals surface area contributed by atoms with E-state index in [1.165, 1.54) is 11.8 Å². The Morgan fingerprint density at radius 3 is 2.16 bits per heavy atom. The van der Waals surface area contributed by atoms with E-state index in [2.05, 4.69) is 12.2 Å². The van der Waals surface area contributed by atoms with Crippen LogP contribution in [0, 0.1) is 0 Å². The van der Waals surface area contributed by atoms with Gasteiger partial charge in [0, 0.05) is 17.2 Å². The van der Waals surface area contributed by atoms with Crippen LogP contribution in [0.4, 0.5) is 0 Å². The number of aliphatic hydroxyl groups excluding tert-OH is 2. The van der Waals surface area contributed by atoms with Gasteiger partial charge in [0.05, 0.1) is 11.4 Å². The van der Waals surface area contributed by atoms with Crippen molar-refractivity contribution in [1.29, 1.82) is 0 Å². The van der Waals surface area contributed by atoms with E-state index in [1.54, 1.807) is 6.08 Å². The van der Waals surface area contributed by atoms with Crippen molar-refractivity contribution >= 4 is 17.7 Å². The second-order valence-electron chi connectivity index (χ2n) is 8.13. The van der Waals surface area contributed by atoms with Crippen LogP contribution in [0.15, 0.2) is 95.8 Å². The van der Waals surface area contributed by atoms with Crippen molar-refractivity contribution in [2.45, 2.75) is 41.5 Å². The maximum Gasteiger partial charge on any atom is 0.328 e. The van der Waals surface area contributed by atoms with E-state index in [1.807, 2.05) is 60.7 Å². The molecule has 1 heterocycles. The zero-order valence-corrected chi connectivity index (χ0v) is 17.8. The number of ether oxygens (including phenoxy) is 1. The lowest BCUT2D eigenvalue weighted by Crippen LogP contribution is -2.42. The summed E-state index contributed by atoms with van der Waals surface area (Å²) in [5, 5.41) is 20.6. The molecular formula is C26H24O4S. The number of carbonyl (C=O) groups excluding carboxylic acids is 1. The van der Waals surface area contributed by atoms with Crippen LogP contribution in [0.5, 0.6) is 0 Å². The van der Waals surface area contributed by atoms with Crippen LogP contribution in [0.25, 0.3) is 0 Å². The Hall–Kier alpha value is -2.76. The molecule has 1 saturated carbocycles. The van der Waals surface area contributed by atoms with Gasteiger partial charge in [-0.25, -0.2) is 0 Å². The molecule has 0 radical (unpaired) electrons. The fraction of sp³-hybridized carbons (Fsp3) is 0.269. The fourth-order valence-corrected chi connectivity index (χ4v) is 6.02. The van der Waals surface area contributed by atoms with Gasteiger partial charge in [0.15, 0.2) is 10.9 Å². The Labute approximate surface area is 185 Å². The van der Waals surface area contributed by atoms with E-state index >= 15 is 0 Å². The molecule has 2 N–H and O–H groups in total. The first-order valence-corrected chi connectivity index (χ1v) is 11.5. The van der Waals surface area contributed by atoms with Crippen LogP contribution in [0.1, 0.15) is 30.4 Å². The molecule has 0 spiro atoms. The van der Waals surface area contributed by atoms with Crippen LogP contribution in [-0.2, 0) is 15.1 Å². The molecule has 1 aliphatic heterocycles. The second kappa shape index (κ2) is 8.06. The highest BCUT2D eigenvalue weighted by Gasteiger charge is 2.47.